The molecule has 0 heterocycles. The van der Waals surface area contributed by atoms with Gasteiger partial charge in [-0.15, -0.1) is 0 Å². The predicted octanol–water partition coefficient (Wildman–Crippen LogP) is 5.97. The zero-order chi connectivity index (χ0) is 17.2. The molecule has 3 heteroatoms. The van der Waals surface area contributed by atoms with Crippen molar-refractivity contribution in [1.29, 1.82) is 0 Å². The van der Waals surface area contributed by atoms with Crippen molar-refractivity contribution >= 4 is 8.38 Å². The fourth-order valence-corrected chi connectivity index (χ4v) is 3.83. The van der Waals surface area contributed by atoms with Crippen molar-refractivity contribution in [2.45, 2.75) is 19.6 Å². The van der Waals surface area contributed by atoms with Crippen LogP contribution < -0.4 is 0 Å². The summed E-state index contributed by atoms with van der Waals surface area (Å²) in [7, 11) is -0.932. The first kappa shape index (κ1) is 17.8. The Labute approximate surface area is 151 Å². The Hall–Kier alpha value is -1.99. The van der Waals surface area contributed by atoms with Gasteiger partial charge in [0.2, 0.25) is 0 Å². The van der Waals surface area contributed by atoms with E-state index in [4.69, 9.17) is 9.05 Å². The molecule has 0 radical (unpaired) electrons. The second kappa shape index (κ2) is 10.1. The number of aryl methyl sites for hydroxylation is 1. The zero-order valence-corrected chi connectivity index (χ0v) is 15.1. The van der Waals surface area contributed by atoms with Gasteiger partial charge in [0.1, 0.15) is 0 Å². The van der Waals surface area contributed by atoms with Crippen molar-refractivity contribution in [2.75, 3.05) is 6.16 Å². The molecule has 25 heavy (non-hydrogen) atoms. The van der Waals surface area contributed by atoms with Gasteiger partial charge in [0.05, 0.1) is 13.2 Å². The van der Waals surface area contributed by atoms with E-state index >= 15 is 0 Å². The average molecular weight is 350 g/mol. The number of rotatable bonds is 9. The Kier molecular flexibility index (Phi) is 7.20. The van der Waals surface area contributed by atoms with Crippen LogP contribution in [0.1, 0.15) is 16.7 Å². The SMILES string of the molecule is c1ccc(CCP(OCc2ccccc2)OCc2ccccc2)cc1. The van der Waals surface area contributed by atoms with Gasteiger partial charge in [-0.1, -0.05) is 91.0 Å². The molecule has 0 spiro atoms. The molecule has 0 amide bonds. The van der Waals surface area contributed by atoms with Crippen LogP contribution in [0.5, 0.6) is 0 Å². The normalized spacial score (nSPS) is 10.9. The lowest BCUT2D eigenvalue weighted by molar-refractivity contribution is 0.235. The van der Waals surface area contributed by atoms with Crippen LogP contribution in [0.2, 0.25) is 0 Å². The lowest BCUT2D eigenvalue weighted by Gasteiger charge is -2.18. The van der Waals surface area contributed by atoms with Crippen LogP contribution in [0.4, 0.5) is 0 Å². The summed E-state index contributed by atoms with van der Waals surface area (Å²) in [6.45, 7) is 1.19. The largest absolute Gasteiger partial charge is 0.329 e. The highest BCUT2D eigenvalue weighted by Crippen LogP contribution is 2.41. The lowest BCUT2D eigenvalue weighted by Crippen LogP contribution is -1.99. The molecule has 0 aliphatic rings. The number of benzene rings is 3. The maximum Gasteiger partial charge on any atom is 0.171 e. The van der Waals surface area contributed by atoms with Crippen LogP contribution in [-0.2, 0) is 28.7 Å². The first-order valence-corrected chi connectivity index (χ1v) is 9.91. The van der Waals surface area contributed by atoms with Crippen molar-refractivity contribution in [3.63, 3.8) is 0 Å². The summed E-state index contributed by atoms with van der Waals surface area (Å²) in [4.78, 5) is 0. The summed E-state index contributed by atoms with van der Waals surface area (Å²) in [6.07, 6.45) is 1.87. The number of hydrogen-bond donors (Lipinski definition) is 0. The molecule has 0 saturated carbocycles. The molecule has 3 rings (SSSR count). The summed E-state index contributed by atoms with van der Waals surface area (Å²) in [5, 5.41) is 0. The lowest BCUT2D eigenvalue weighted by atomic mass is 10.2. The van der Waals surface area contributed by atoms with Crippen molar-refractivity contribution < 1.29 is 9.05 Å². The molecule has 0 saturated heterocycles. The highest BCUT2D eigenvalue weighted by Gasteiger charge is 2.12. The Bertz CT molecular complexity index is 613. The summed E-state index contributed by atoms with van der Waals surface area (Å²) in [6, 6.07) is 31.0. The molecular formula is C22H23O2P. The quantitative estimate of drug-likeness (QED) is 0.442. The molecule has 0 aromatic heterocycles. The first-order valence-electron chi connectivity index (χ1n) is 8.55. The van der Waals surface area contributed by atoms with Gasteiger partial charge in [0.25, 0.3) is 0 Å². The van der Waals surface area contributed by atoms with Gasteiger partial charge >= 0.3 is 0 Å². The van der Waals surface area contributed by atoms with Crippen molar-refractivity contribution in [3.05, 3.63) is 108 Å². The van der Waals surface area contributed by atoms with Crippen LogP contribution in [0.25, 0.3) is 0 Å². The van der Waals surface area contributed by atoms with Gasteiger partial charge in [-0.05, 0) is 23.1 Å². The van der Waals surface area contributed by atoms with E-state index in [1.165, 1.54) is 16.7 Å². The smallest absolute Gasteiger partial charge is 0.171 e. The summed E-state index contributed by atoms with van der Waals surface area (Å²) < 4.78 is 12.2. The van der Waals surface area contributed by atoms with Crippen molar-refractivity contribution in [3.8, 4) is 0 Å². The third-order valence-corrected chi connectivity index (χ3v) is 5.28. The second-order valence-corrected chi connectivity index (χ2v) is 7.44. The molecule has 0 unspecified atom stereocenters. The average Bonchev–Trinajstić information content (AvgIpc) is 2.70. The molecule has 0 N–H and O–H groups in total. The standard InChI is InChI=1S/C22H23O2P/c1-4-10-20(11-5-1)16-17-25(23-18-21-12-6-2-7-13-21)24-19-22-14-8-3-9-15-22/h1-15H,16-19H2. The van der Waals surface area contributed by atoms with E-state index in [1.54, 1.807) is 0 Å². The van der Waals surface area contributed by atoms with Gasteiger partial charge in [-0.25, -0.2) is 0 Å². The Morgan fingerprint density at radius 1 is 0.520 bits per heavy atom. The highest BCUT2D eigenvalue weighted by molar-refractivity contribution is 7.47. The minimum atomic E-state index is -0.932. The van der Waals surface area contributed by atoms with Gasteiger partial charge in [-0.2, -0.15) is 0 Å². The topological polar surface area (TPSA) is 18.5 Å². The van der Waals surface area contributed by atoms with Crippen LogP contribution in [0, 0.1) is 0 Å². The van der Waals surface area contributed by atoms with Gasteiger partial charge in [-0.3, -0.25) is 0 Å². The van der Waals surface area contributed by atoms with E-state index in [9.17, 15) is 0 Å². The van der Waals surface area contributed by atoms with Crippen LogP contribution in [0.3, 0.4) is 0 Å². The summed E-state index contributed by atoms with van der Waals surface area (Å²) >= 11 is 0. The predicted molar refractivity (Wildman–Crippen MR) is 104 cm³/mol. The van der Waals surface area contributed by atoms with E-state index in [0.717, 1.165) is 12.6 Å². The maximum atomic E-state index is 6.11. The Morgan fingerprint density at radius 3 is 1.36 bits per heavy atom. The third kappa shape index (κ3) is 6.43. The monoisotopic (exact) mass is 350 g/mol. The fraction of sp³-hybridized carbons (Fsp3) is 0.182. The van der Waals surface area contributed by atoms with Crippen LogP contribution in [0.15, 0.2) is 91.0 Å². The molecule has 128 valence electrons. The molecule has 3 aromatic rings. The molecule has 0 aliphatic heterocycles. The van der Waals surface area contributed by atoms with Crippen LogP contribution in [-0.4, -0.2) is 6.16 Å². The second-order valence-electron chi connectivity index (χ2n) is 5.81. The Balaban J connectivity index is 1.56. The maximum absolute atomic E-state index is 6.11. The van der Waals surface area contributed by atoms with Gasteiger partial charge < -0.3 is 9.05 Å². The van der Waals surface area contributed by atoms with E-state index < -0.39 is 8.38 Å². The minimum Gasteiger partial charge on any atom is -0.329 e. The molecule has 2 nitrogen and oxygen atoms in total. The third-order valence-electron chi connectivity index (χ3n) is 3.86. The van der Waals surface area contributed by atoms with E-state index in [-0.39, 0.29) is 0 Å². The van der Waals surface area contributed by atoms with Gasteiger partial charge in [0.15, 0.2) is 8.38 Å². The fourth-order valence-electron chi connectivity index (χ4n) is 2.47. The van der Waals surface area contributed by atoms with E-state index in [1.807, 2.05) is 42.5 Å². The van der Waals surface area contributed by atoms with Gasteiger partial charge in [0, 0.05) is 6.16 Å². The molecule has 0 atom stereocenters. The first-order chi connectivity index (χ1) is 12.4. The van der Waals surface area contributed by atoms with E-state index in [0.29, 0.717) is 13.2 Å². The molecule has 0 aliphatic carbocycles. The summed E-state index contributed by atoms with van der Waals surface area (Å²) in [5.41, 5.74) is 3.68. The molecular weight excluding hydrogens is 327 g/mol. The zero-order valence-electron chi connectivity index (χ0n) is 14.3. The Morgan fingerprint density at radius 2 is 0.920 bits per heavy atom. The summed E-state index contributed by atoms with van der Waals surface area (Å²) in [5.74, 6) is 0. The molecule has 0 bridgehead atoms. The van der Waals surface area contributed by atoms with Crippen molar-refractivity contribution in [2.24, 2.45) is 0 Å². The van der Waals surface area contributed by atoms with E-state index in [2.05, 4.69) is 48.5 Å². The van der Waals surface area contributed by atoms with Crippen molar-refractivity contribution in [1.82, 2.24) is 0 Å². The molecule has 3 aromatic carbocycles. The highest BCUT2D eigenvalue weighted by atomic mass is 31.2. The van der Waals surface area contributed by atoms with Crippen LogP contribution >= 0.6 is 8.38 Å². The molecule has 0 fully saturated rings. The minimum absolute atomic E-state index is 0.593. The number of hydrogen-bond acceptors (Lipinski definition) is 2.